The fourth-order valence-electron chi connectivity index (χ4n) is 2.60. The zero-order valence-electron chi connectivity index (χ0n) is 15.4. The lowest BCUT2D eigenvalue weighted by atomic mass is 10.1. The summed E-state index contributed by atoms with van der Waals surface area (Å²) >= 11 is 0. The first-order chi connectivity index (χ1) is 11.3. The molecule has 0 heterocycles. The molecule has 1 rings (SSSR count). The van der Waals surface area contributed by atoms with Crippen LogP contribution in [0.1, 0.15) is 32.4 Å². The summed E-state index contributed by atoms with van der Waals surface area (Å²) in [5, 5.41) is 6.72. The lowest BCUT2D eigenvalue weighted by molar-refractivity contribution is 0.152. The molecule has 0 amide bonds. The number of ether oxygens (including phenoxy) is 1. The highest BCUT2D eigenvalue weighted by molar-refractivity contribution is 14.0. The molecule has 2 N–H and O–H groups in total. The molecule has 0 aliphatic carbocycles. The van der Waals surface area contributed by atoms with Gasteiger partial charge in [-0.1, -0.05) is 44.2 Å². The maximum atomic E-state index is 5.34. The first-order valence-corrected chi connectivity index (χ1v) is 8.57. The van der Waals surface area contributed by atoms with Crippen LogP contribution in [0.2, 0.25) is 0 Å². The van der Waals surface area contributed by atoms with E-state index >= 15 is 0 Å². The smallest absolute Gasteiger partial charge is 0.191 e. The summed E-state index contributed by atoms with van der Waals surface area (Å²) in [7, 11) is 1.80. The minimum absolute atomic E-state index is 0. The van der Waals surface area contributed by atoms with Crippen molar-refractivity contribution in [2.24, 2.45) is 4.99 Å². The quantitative estimate of drug-likeness (QED) is 0.250. The van der Waals surface area contributed by atoms with Gasteiger partial charge in [0, 0.05) is 26.7 Å². The number of nitrogens with zero attached hydrogens (tertiary/aromatic N) is 2. The SMILES string of the molecule is CCOCCNC(=NC)NCC(c1ccccc1)N(CC)CC.I. The van der Waals surface area contributed by atoms with E-state index in [2.05, 4.69) is 64.7 Å². The molecule has 1 aromatic rings. The Kier molecular flexibility index (Phi) is 14.0. The van der Waals surface area contributed by atoms with Crippen LogP contribution >= 0.6 is 24.0 Å². The molecule has 138 valence electrons. The maximum Gasteiger partial charge on any atom is 0.191 e. The van der Waals surface area contributed by atoms with Crippen molar-refractivity contribution in [3.63, 3.8) is 0 Å². The molecule has 6 heteroatoms. The van der Waals surface area contributed by atoms with Crippen LogP contribution in [0, 0.1) is 0 Å². The topological polar surface area (TPSA) is 48.9 Å². The monoisotopic (exact) mass is 448 g/mol. The van der Waals surface area contributed by atoms with E-state index in [9.17, 15) is 0 Å². The molecule has 0 saturated carbocycles. The lowest BCUT2D eigenvalue weighted by Crippen LogP contribution is -2.44. The third-order valence-corrected chi connectivity index (χ3v) is 3.87. The Morgan fingerprint density at radius 2 is 1.79 bits per heavy atom. The van der Waals surface area contributed by atoms with Crippen LogP contribution in [0.25, 0.3) is 0 Å². The molecule has 0 aromatic heterocycles. The molecule has 24 heavy (non-hydrogen) atoms. The van der Waals surface area contributed by atoms with Gasteiger partial charge in [-0.3, -0.25) is 9.89 Å². The number of hydrogen-bond donors (Lipinski definition) is 2. The highest BCUT2D eigenvalue weighted by Crippen LogP contribution is 2.19. The Labute approximate surface area is 164 Å². The van der Waals surface area contributed by atoms with Gasteiger partial charge in [-0.15, -0.1) is 24.0 Å². The second-order valence-electron chi connectivity index (χ2n) is 5.22. The summed E-state index contributed by atoms with van der Waals surface area (Å²) in [5.74, 6) is 0.817. The van der Waals surface area contributed by atoms with E-state index in [1.807, 2.05) is 6.92 Å². The van der Waals surface area contributed by atoms with Crippen molar-refractivity contribution in [1.29, 1.82) is 0 Å². The molecule has 0 bridgehead atoms. The molecule has 0 aliphatic rings. The molecular weight excluding hydrogens is 415 g/mol. The van der Waals surface area contributed by atoms with Crippen molar-refractivity contribution in [3.8, 4) is 0 Å². The van der Waals surface area contributed by atoms with E-state index in [1.54, 1.807) is 7.05 Å². The fraction of sp³-hybridized carbons (Fsp3) is 0.611. The summed E-state index contributed by atoms with van der Waals surface area (Å²) in [6, 6.07) is 11.0. The molecule has 0 saturated heterocycles. The average molecular weight is 448 g/mol. The van der Waals surface area contributed by atoms with Crippen LogP contribution in [0.4, 0.5) is 0 Å². The third kappa shape index (κ3) is 8.30. The minimum atomic E-state index is 0. The van der Waals surface area contributed by atoms with Crippen molar-refractivity contribution >= 4 is 29.9 Å². The van der Waals surface area contributed by atoms with E-state index in [0.29, 0.717) is 12.6 Å². The van der Waals surface area contributed by atoms with Crippen LogP contribution in [0.5, 0.6) is 0 Å². The van der Waals surface area contributed by atoms with Crippen molar-refractivity contribution < 1.29 is 4.74 Å². The Bertz CT molecular complexity index is 438. The zero-order valence-corrected chi connectivity index (χ0v) is 17.7. The van der Waals surface area contributed by atoms with Gasteiger partial charge in [-0.2, -0.15) is 0 Å². The molecule has 1 unspecified atom stereocenters. The van der Waals surface area contributed by atoms with Gasteiger partial charge in [0.2, 0.25) is 0 Å². The summed E-state index contributed by atoms with van der Waals surface area (Å²) in [6.07, 6.45) is 0. The number of aliphatic imine (C=N–C) groups is 1. The van der Waals surface area contributed by atoms with Crippen LogP contribution < -0.4 is 10.6 Å². The van der Waals surface area contributed by atoms with E-state index in [1.165, 1.54) is 5.56 Å². The van der Waals surface area contributed by atoms with Crippen LogP contribution in [0.15, 0.2) is 35.3 Å². The summed E-state index contributed by atoms with van der Waals surface area (Å²) < 4.78 is 5.34. The first-order valence-electron chi connectivity index (χ1n) is 8.57. The highest BCUT2D eigenvalue weighted by atomic mass is 127. The number of nitrogens with one attached hydrogen (secondary N) is 2. The number of guanidine groups is 1. The lowest BCUT2D eigenvalue weighted by Gasteiger charge is -2.30. The van der Waals surface area contributed by atoms with Crippen molar-refractivity contribution in [1.82, 2.24) is 15.5 Å². The van der Waals surface area contributed by atoms with Crippen LogP contribution in [-0.2, 0) is 4.74 Å². The number of likely N-dealkylation sites (N-methyl/N-ethyl adjacent to an activating group) is 1. The largest absolute Gasteiger partial charge is 0.380 e. The molecule has 1 atom stereocenters. The number of benzene rings is 1. The van der Waals surface area contributed by atoms with E-state index in [0.717, 1.165) is 38.7 Å². The van der Waals surface area contributed by atoms with Gasteiger partial charge in [0.1, 0.15) is 0 Å². The Hall–Kier alpha value is -0.860. The van der Waals surface area contributed by atoms with E-state index < -0.39 is 0 Å². The molecular formula is C18H33IN4O. The first kappa shape index (κ1) is 23.1. The standard InChI is InChI=1S/C18H32N4O.HI/c1-5-22(6-2)17(16-11-9-8-10-12-16)15-21-18(19-4)20-13-14-23-7-3;/h8-12,17H,5-7,13-15H2,1-4H3,(H2,19,20,21);1H. The Balaban J connectivity index is 0.00000529. The van der Waals surface area contributed by atoms with Gasteiger partial charge in [0.15, 0.2) is 5.96 Å². The summed E-state index contributed by atoms with van der Waals surface area (Å²) in [6.45, 7) is 11.5. The molecule has 0 radical (unpaired) electrons. The third-order valence-electron chi connectivity index (χ3n) is 3.87. The van der Waals surface area contributed by atoms with Crippen LogP contribution in [0.3, 0.4) is 0 Å². The van der Waals surface area contributed by atoms with Gasteiger partial charge < -0.3 is 15.4 Å². The molecule has 0 aliphatic heterocycles. The Morgan fingerprint density at radius 3 is 2.33 bits per heavy atom. The number of halogens is 1. The van der Waals surface area contributed by atoms with E-state index in [4.69, 9.17) is 4.74 Å². The van der Waals surface area contributed by atoms with Gasteiger partial charge in [0.05, 0.1) is 12.6 Å². The summed E-state index contributed by atoms with van der Waals surface area (Å²) in [4.78, 5) is 6.74. The Morgan fingerprint density at radius 1 is 1.12 bits per heavy atom. The second kappa shape index (κ2) is 14.5. The predicted octanol–water partition coefficient (Wildman–Crippen LogP) is 2.89. The van der Waals surface area contributed by atoms with Gasteiger partial charge in [0.25, 0.3) is 0 Å². The number of rotatable bonds is 10. The molecule has 0 fully saturated rings. The fourth-order valence-corrected chi connectivity index (χ4v) is 2.60. The van der Waals surface area contributed by atoms with Crippen molar-refractivity contribution in [2.75, 3.05) is 46.4 Å². The van der Waals surface area contributed by atoms with Crippen molar-refractivity contribution in [2.45, 2.75) is 26.8 Å². The predicted molar refractivity (Wildman–Crippen MR) is 113 cm³/mol. The maximum absolute atomic E-state index is 5.34. The van der Waals surface area contributed by atoms with Gasteiger partial charge >= 0.3 is 0 Å². The highest BCUT2D eigenvalue weighted by Gasteiger charge is 2.17. The second-order valence-corrected chi connectivity index (χ2v) is 5.22. The van der Waals surface area contributed by atoms with Gasteiger partial charge in [-0.25, -0.2) is 0 Å². The normalized spacial score (nSPS) is 12.6. The molecule has 1 aromatic carbocycles. The molecule has 5 nitrogen and oxygen atoms in total. The number of hydrogen-bond acceptors (Lipinski definition) is 3. The molecule has 0 spiro atoms. The van der Waals surface area contributed by atoms with Crippen LogP contribution in [-0.4, -0.2) is 57.3 Å². The van der Waals surface area contributed by atoms with E-state index in [-0.39, 0.29) is 24.0 Å². The minimum Gasteiger partial charge on any atom is -0.380 e. The zero-order chi connectivity index (χ0) is 16.9. The van der Waals surface area contributed by atoms with Crippen molar-refractivity contribution in [3.05, 3.63) is 35.9 Å². The summed E-state index contributed by atoms with van der Waals surface area (Å²) in [5.41, 5.74) is 1.33. The average Bonchev–Trinajstić information content (AvgIpc) is 2.61. The van der Waals surface area contributed by atoms with Gasteiger partial charge in [-0.05, 0) is 25.6 Å².